The van der Waals surface area contributed by atoms with Crippen molar-refractivity contribution in [3.8, 4) is 0 Å². The van der Waals surface area contributed by atoms with Crippen molar-refractivity contribution < 1.29 is 0 Å². The van der Waals surface area contributed by atoms with E-state index in [2.05, 4.69) is 18.1 Å². The highest BCUT2D eigenvalue weighted by Gasteiger charge is 1.91. The zero-order valence-corrected chi connectivity index (χ0v) is 6.35. The maximum absolute atomic E-state index is 3.87. The second-order valence-corrected chi connectivity index (χ2v) is 2.48. The summed E-state index contributed by atoms with van der Waals surface area (Å²) in [5.41, 5.74) is 1.22. The molecule has 0 aliphatic rings. The van der Waals surface area contributed by atoms with E-state index in [0.717, 1.165) is 13.0 Å². The van der Waals surface area contributed by atoms with E-state index in [1.807, 2.05) is 20.2 Å². The van der Waals surface area contributed by atoms with Gasteiger partial charge in [0, 0.05) is 6.54 Å². The molecule has 0 heterocycles. The predicted molar refractivity (Wildman–Crippen MR) is 42.5 cm³/mol. The molecule has 0 saturated heterocycles. The van der Waals surface area contributed by atoms with Crippen LogP contribution in [0.4, 0.5) is 0 Å². The second-order valence-electron chi connectivity index (χ2n) is 2.48. The zero-order chi connectivity index (χ0) is 7.28. The number of allylic oxidation sites excluding steroid dienone is 1. The Balaban J connectivity index is 3.38. The Morgan fingerprint density at radius 3 is 2.44 bits per heavy atom. The molecule has 0 fully saturated rings. The summed E-state index contributed by atoms with van der Waals surface area (Å²) in [5, 5.41) is 0. The van der Waals surface area contributed by atoms with Crippen LogP contribution < -0.4 is 0 Å². The van der Waals surface area contributed by atoms with Gasteiger partial charge in [-0.15, -0.1) is 6.58 Å². The first-order chi connectivity index (χ1) is 4.16. The fourth-order valence-corrected chi connectivity index (χ4v) is 0.716. The van der Waals surface area contributed by atoms with Crippen LogP contribution in [0.25, 0.3) is 0 Å². The molecule has 0 amide bonds. The van der Waals surface area contributed by atoms with Crippen LogP contribution in [0.5, 0.6) is 0 Å². The average molecular weight is 125 g/mol. The van der Waals surface area contributed by atoms with Crippen LogP contribution in [0.3, 0.4) is 0 Å². The van der Waals surface area contributed by atoms with E-state index in [4.69, 9.17) is 0 Å². The van der Waals surface area contributed by atoms with E-state index in [1.54, 1.807) is 0 Å². The Morgan fingerprint density at radius 1 is 1.56 bits per heavy atom. The third-order valence-electron chi connectivity index (χ3n) is 0.973. The minimum atomic E-state index is 0.929. The molecule has 0 spiro atoms. The second kappa shape index (κ2) is 4.33. The molecular formula is C8H15N. The van der Waals surface area contributed by atoms with E-state index >= 15 is 0 Å². The normalized spacial score (nSPS) is 9.67. The van der Waals surface area contributed by atoms with Crippen molar-refractivity contribution in [2.75, 3.05) is 20.6 Å². The Morgan fingerprint density at radius 2 is 2.11 bits per heavy atom. The molecular weight excluding hydrogens is 110 g/mol. The van der Waals surface area contributed by atoms with Gasteiger partial charge in [0.15, 0.2) is 0 Å². The maximum atomic E-state index is 3.87. The van der Waals surface area contributed by atoms with Crippen LogP contribution in [-0.4, -0.2) is 25.5 Å². The molecule has 0 unspecified atom stereocenters. The van der Waals surface area contributed by atoms with Gasteiger partial charge >= 0.3 is 0 Å². The molecule has 0 aliphatic heterocycles. The minimum absolute atomic E-state index is 0.929. The molecule has 0 radical (unpaired) electrons. The third-order valence-corrected chi connectivity index (χ3v) is 0.973. The van der Waals surface area contributed by atoms with Crippen molar-refractivity contribution in [3.63, 3.8) is 0 Å². The first kappa shape index (κ1) is 8.44. The number of hydrogen-bond acceptors (Lipinski definition) is 1. The monoisotopic (exact) mass is 125 g/mol. The highest BCUT2D eigenvalue weighted by atomic mass is 15.0. The summed E-state index contributed by atoms with van der Waals surface area (Å²) < 4.78 is 0. The molecule has 0 aliphatic carbocycles. The highest BCUT2D eigenvalue weighted by Crippen LogP contribution is 1.98. The lowest BCUT2D eigenvalue weighted by Crippen LogP contribution is -2.14. The third kappa shape index (κ3) is 5.31. The molecule has 9 heavy (non-hydrogen) atoms. The van der Waals surface area contributed by atoms with Gasteiger partial charge in [-0.3, -0.25) is 0 Å². The molecule has 0 bridgehead atoms. The van der Waals surface area contributed by atoms with E-state index in [9.17, 15) is 0 Å². The lowest BCUT2D eigenvalue weighted by Gasteiger charge is -2.09. The van der Waals surface area contributed by atoms with E-state index < -0.39 is 0 Å². The molecule has 0 aromatic carbocycles. The Kier molecular flexibility index (Phi) is 4.06. The summed E-state index contributed by atoms with van der Waals surface area (Å²) in [6.45, 7) is 8.46. The quantitative estimate of drug-likeness (QED) is 0.517. The number of likely N-dealkylation sites (N-methyl/N-ethyl adjacent to an activating group) is 1. The van der Waals surface area contributed by atoms with E-state index in [1.165, 1.54) is 5.57 Å². The van der Waals surface area contributed by atoms with Crippen molar-refractivity contribution >= 4 is 0 Å². The van der Waals surface area contributed by atoms with Gasteiger partial charge in [0.25, 0.3) is 0 Å². The first-order valence-electron chi connectivity index (χ1n) is 3.09. The minimum Gasteiger partial charge on any atom is -0.305 e. The van der Waals surface area contributed by atoms with Gasteiger partial charge < -0.3 is 4.90 Å². The van der Waals surface area contributed by atoms with Gasteiger partial charge in [-0.1, -0.05) is 18.2 Å². The van der Waals surface area contributed by atoms with Crippen LogP contribution in [0.15, 0.2) is 24.8 Å². The van der Waals surface area contributed by atoms with E-state index in [-0.39, 0.29) is 0 Å². The lowest BCUT2D eigenvalue weighted by atomic mass is 10.2. The smallest absolute Gasteiger partial charge is 0.0187 e. The van der Waals surface area contributed by atoms with Crippen LogP contribution in [0.1, 0.15) is 6.42 Å². The van der Waals surface area contributed by atoms with Crippen LogP contribution in [0.2, 0.25) is 0 Å². The molecule has 0 rings (SSSR count). The summed E-state index contributed by atoms with van der Waals surface area (Å²) in [7, 11) is 4.07. The van der Waals surface area contributed by atoms with Crippen molar-refractivity contribution in [2.24, 2.45) is 0 Å². The van der Waals surface area contributed by atoms with Gasteiger partial charge in [0.05, 0.1) is 0 Å². The van der Waals surface area contributed by atoms with Crippen molar-refractivity contribution in [2.45, 2.75) is 6.42 Å². The lowest BCUT2D eigenvalue weighted by molar-refractivity contribution is 0.443. The SMILES string of the molecule is C=CCC(=C)CN(C)C. The van der Waals surface area contributed by atoms with Crippen molar-refractivity contribution in [3.05, 3.63) is 24.8 Å². The average Bonchev–Trinajstić information content (AvgIpc) is 1.63. The number of rotatable bonds is 4. The van der Waals surface area contributed by atoms with Crippen molar-refractivity contribution in [1.82, 2.24) is 4.90 Å². The first-order valence-corrected chi connectivity index (χ1v) is 3.09. The Hall–Kier alpha value is -0.560. The summed E-state index contributed by atoms with van der Waals surface area (Å²) in [5.74, 6) is 0. The van der Waals surface area contributed by atoms with Crippen molar-refractivity contribution in [1.29, 1.82) is 0 Å². The standard InChI is InChI=1S/C8H15N/c1-5-6-8(2)7-9(3)4/h5H,1-2,6-7H2,3-4H3. The molecule has 0 atom stereocenters. The van der Waals surface area contributed by atoms with Crippen LogP contribution >= 0.6 is 0 Å². The fourth-order valence-electron chi connectivity index (χ4n) is 0.716. The summed E-state index contributed by atoms with van der Waals surface area (Å²) in [6, 6.07) is 0. The molecule has 1 heteroatoms. The molecule has 0 saturated carbocycles. The van der Waals surface area contributed by atoms with Crippen LogP contribution in [0, 0.1) is 0 Å². The number of hydrogen-bond donors (Lipinski definition) is 0. The van der Waals surface area contributed by atoms with Gasteiger partial charge in [0.2, 0.25) is 0 Å². The molecule has 52 valence electrons. The Labute approximate surface area is 57.7 Å². The Bertz CT molecular complexity index is 103. The summed E-state index contributed by atoms with van der Waals surface area (Å²) >= 11 is 0. The topological polar surface area (TPSA) is 3.24 Å². The van der Waals surface area contributed by atoms with Gasteiger partial charge in [-0.2, -0.15) is 0 Å². The summed E-state index contributed by atoms with van der Waals surface area (Å²) in [6.07, 6.45) is 2.81. The van der Waals surface area contributed by atoms with Gasteiger partial charge in [-0.05, 0) is 20.5 Å². The maximum Gasteiger partial charge on any atom is 0.0187 e. The zero-order valence-electron chi connectivity index (χ0n) is 6.35. The molecule has 1 nitrogen and oxygen atoms in total. The fraction of sp³-hybridized carbons (Fsp3) is 0.500. The highest BCUT2D eigenvalue weighted by molar-refractivity contribution is 5.01. The predicted octanol–water partition coefficient (Wildman–Crippen LogP) is 1.68. The molecule has 0 aromatic heterocycles. The number of nitrogens with zero attached hydrogens (tertiary/aromatic N) is 1. The van der Waals surface area contributed by atoms with Crippen LogP contribution in [-0.2, 0) is 0 Å². The summed E-state index contributed by atoms with van der Waals surface area (Å²) in [4.78, 5) is 2.10. The van der Waals surface area contributed by atoms with Gasteiger partial charge in [-0.25, -0.2) is 0 Å². The largest absolute Gasteiger partial charge is 0.305 e. The van der Waals surface area contributed by atoms with Gasteiger partial charge in [0.1, 0.15) is 0 Å². The van der Waals surface area contributed by atoms with E-state index in [0.29, 0.717) is 0 Å². The molecule has 0 N–H and O–H groups in total. The molecule has 0 aromatic rings.